The van der Waals surface area contributed by atoms with Crippen molar-refractivity contribution >= 4 is 16.7 Å². The van der Waals surface area contributed by atoms with Crippen LogP contribution in [0.5, 0.6) is 23.0 Å². The highest BCUT2D eigenvalue weighted by atomic mass is 16.7. The van der Waals surface area contributed by atoms with Gasteiger partial charge in [0.25, 0.3) is 0 Å². The van der Waals surface area contributed by atoms with Gasteiger partial charge in [-0.2, -0.15) is 0 Å². The van der Waals surface area contributed by atoms with Gasteiger partial charge < -0.3 is 29.2 Å². The van der Waals surface area contributed by atoms with Crippen LogP contribution in [0.25, 0.3) is 10.9 Å². The van der Waals surface area contributed by atoms with E-state index in [1.807, 2.05) is 49.3 Å². The maximum absolute atomic E-state index is 5.54. The minimum atomic E-state index is 0.284. The number of nitrogens with zero attached hydrogens (tertiary/aromatic N) is 2. The second kappa shape index (κ2) is 8.05. The molecular weight excluding hydrogens is 370 g/mol. The Morgan fingerprint density at radius 2 is 1.72 bits per heavy atom. The molecule has 0 spiro atoms. The fourth-order valence-electron chi connectivity index (χ4n) is 3.49. The van der Waals surface area contributed by atoms with Gasteiger partial charge in [-0.25, -0.2) is 4.98 Å². The quantitative estimate of drug-likeness (QED) is 0.658. The molecule has 1 aliphatic heterocycles. The molecule has 29 heavy (non-hydrogen) atoms. The van der Waals surface area contributed by atoms with Crippen LogP contribution in [0.1, 0.15) is 11.1 Å². The van der Waals surface area contributed by atoms with Crippen LogP contribution in [0.4, 0.5) is 5.82 Å². The van der Waals surface area contributed by atoms with Gasteiger partial charge in [-0.05, 0) is 35.9 Å². The van der Waals surface area contributed by atoms with E-state index in [0.29, 0.717) is 13.1 Å². The van der Waals surface area contributed by atoms with Crippen molar-refractivity contribution in [3.8, 4) is 23.0 Å². The molecule has 0 saturated heterocycles. The van der Waals surface area contributed by atoms with E-state index in [9.17, 15) is 0 Å². The summed E-state index contributed by atoms with van der Waals surface area (Å²) in [7, 11) is 7.29. The molecule has 0 amide bonds. The monoisotopic (exact) mass is 395 g/mol. The number of pyridine rings is 1. The van der Waals surface area contributed by atoms with Crippen molar-refractivity contribution in [2.45, 2.75) is 13.1 Å². The Morgan fingerprint density at radius 1 is 0.966 bits per heavy atom. The Balaban J connectivity index is 1.61. The van der Waals surface area contributed by atoms with E-state index in [1.165, 1.54) is 0 Å². The van der Waals surface area contributed by atoms with Crippen molar-refractivity contribution < 1.29 is 18.9 Å². The Morgan fingerprint density at radius 3 is 2.48 bits per heavy atom. The molecule has 0 aliphatic carbocycles. The highest BCUT2D eigenvalue weighted by Gasteiger charge is 2.16. The smallest absolute Gasteiger partial charge is 0.231 e. The summed E-state index contributed by atoms with van der Waals surface area (Å²) in [4.78, 5) is 6.88. The van der Waals surface area contributed by atoms with Gasteiger partial charge in [-0.3, -0.25) is 0 Å². The molecular formula is C22H25N3O4. The minimum absolute atomic E-state index is 0.284. The second-order valence-electron chi connectivity index (χ2n) is 7.02. The molecule has 152 valence electrons. The van der Waals surface area contributed by atoms with Gasteiger partial charge in [0.15, 0.2) is 11.5 Å². The SMILES string of the molecule is COc1ccc(OC)c2nc(N(C)C)c(CNCc3ccc4c(c3)OCO4)cc12. The molecule has 0 radical (unpaired) electrons. The first kappa shape index (κ1) is 19.1. The first-order valence-electron chi connectivity index (χ1n) is 9.42. The number of anilines is 1. The number of rotatable bonds is 7. The highest BCUT2D eigenvalue weighted by molar-refractivity contribution is 5.92. The summed E-state index contributed by atoms with van der Waals surface area (Å²) in [6.07, 6.45) is 0. The van der Waals surface area contributed by atoms with Gasteiger partial charge in [0.05, 0.1) is 14.2 Å². The van der Waals surface area contributed by atoms with E-state index in [1.54, 1.807) is 14.2 Å². The van der Waals surface area contributed by atoms with E-state index >= 15 is 0 Å². The Kier molecular flexibility index (Phi) is 5.31. The number of fused-ring (bicyclic) bond motifs is 2. The Labute approximate surface area is 170 Å². The third kappa shape index (κ3) is 3.73. The van der Waals surface area contributed by atoms with Crippen molar-refractivity contribution in [3.05, 3.63) is 47.5 Å². The average Bonchev–Trinajstić information content (AvgIpc) is 3.20. The van der Waals surface area contributed by atoms with Crippen molar-refractivity contribution in [1.82, 2.24) is 10.3 Å². The standard InChI is InChI=1S/C22H25N3O4/c1-25(2)22-15(10-16-17(26-3)7-8-19(27-4)21(16)24-22)12-23-11-14-5-6-18-20(9-14)29-13-28-18/h5-10,23H,11-13H2,1-4H3. The molecule has 0 bridgehead atoms. The molecule has 7 heteroatoms. The Bertz CT molecular complexity index is 1040. The molecule has 0 atom stereocenters. The Hall–Kier alpha value is -3.19. The summed E-state index contributed by atoms with van der Waals surface area (Å²) in [6, 6.07) is 11.9. The lowest BCUT2D eigenvalue weighted by molar-refractivity contribution is 0.174. The molecule has 2 heterocycles. The summed E-state index contributed by atoms with van der Waals surface area (Å²) in [5.74, 6) is 3.98. The van der Waals surface area contributed by atoms with E-state index in [2.05, 4.69) is 11.4 Å². The lowest BCUT2D eigenvalue weighted by atomic mass is 10.1. The maximum atomic E-state index is 5.54. The van der Waals surface area contributed by atoms with Gasteiger partial charge in [-0.15, -0.1) is 0 Å². The summed E-state index contributed by atoms with van der Waals surface area (Å²) in [5.41, 5.74) is 3.00. The van der Waals surface area contributed by atoms with Crippen LogP contribution >= 0.6 is 0 Å². The largest absolute Gasteiger partial charge is 0.496 e. The minimum Gasteiger partial charge on any atom is -0.496 e. The first-order valence-corrected chi connectivity index (χ1v) is 9.42. The molecule has 1 N–H and O–H groups in total. The van der Waals surface area contributed by atoms with Crippen molar-refractivity contribution in [3.63, 3.8) is 0 Å². The lowest BCUT2D eigenvalue weighted by Crippen LogP contribution is -2.18. The van der Waals surface area contributed by atoms with Crippen LogP contribution in [0.2, 0.25) is 0 Å². The topological polar surface area (TPSA) is 65.1 Å². The molecule has 0 saturated carbocycles. The van der Waals surface area contributed by atoms with E-state index in [0.717, 1.165) is 50.8 Å². The molecule has 7 nitrogen and oxygen atoms in total. The van der Waals surface area contributed by atoms with E-state index in [-0.39, 0.29) is 6.79 Å². The zero-order valence-electron chi connectivity index (χ0n) is 17.1. The van der Waals surface area contributed by atoms with Crippen molar-refractivity contribution in [2.24, 2.45) is 0 Å². The van der Waals surface area contributed by atoms with Gasteiger partial charge in [-0.1, -0.05) is 6.07 Å². The average molecular weight is 395 g/mol. The van der Waals surface area contributed by atoms with Crippen molar-refractivity contribution in [2.75, 3.05) is 40.0 Å². The fourth-order valence-corrected chi connectivity index (χ4v) is 3.49. The van der Waals surface area contributed by atoms with Gasteiger partial charge in [0, 0.05) is 38.1 Å². The van der Waals surface area contributed by atoms with Gasteiger partial charge >= 0.3 is 0 Å². The van der Waals surface area contributed by atoms with E-state index in [4.69, 9.17) is 23.9 Å². The molecule has 3 aromatic rings. The molecule has 2 aromatic carbocycles. The number of hydrogen-bond acceptors (Lipinski definition) is 7. The molecule has 0 fully saturated rings. The van der Waals surface area contributed by atoms with Crippen LogP contribution in [0.3, 0.4) is 0 Å². The summed E-state index contributed by atoms with van der Waals surface area (Å²) in [6.45, 7) is 1.65. The summed E-state index contributed by atoms with van der Waals surface area (Å²) in [5, 5.41) is 4.43. The lowest BCUT2D eigenvalue weighted by Gasteiger charge is -2.19. The number of methoxy groups -OCH3 is 2. The third-order valence-corrected chi connectivity index (χ3v) is 4.91. The zero-order valence-corrected chi connectivity index (χ0v) is 17.1. The second-order valence-corrected chi connectivity index (χ2v) is 7.02. The number of ether oxygens (including phenoxy) is 4. The molecule has 0 unspecified atom stereocenters. The van der Waals surface area contributed by atoms with Crippen LogP contribution in [-0.4, -0.2) is 40.1 Å². The van der Waals surface area contributed by atoms with Crippen LogP contribution < -0.4 is 29.2 Å². The highest BCUT2D eigenvalue weighted by Crippen LogP contribution is 2.35. The molecule has 1 aromatic heterocycles. The van der Waals surface area contributed by atoms with Crippen molar-refractivity contribution in [1.29, 1.82) is 0 Å². The van der Waals surface area contributed by atoms with Gasteiger partial charge in [0.2, 0.25) is 6.79 Å². The molecule has 4 rings (SSSR count). The predicted molar refractivity (Wildman–Crippen MR) is 112 cm³/mol. The van der Waals surface area contributed by atoms with Crippen LogP contribution in [0.15, 0.2) is 36.4 Å². The number of hydrogen-bond donors (Lipinski definition) is 1. The zero-order chi connectivity index (χ0) is 20.4. The predicted octanol–water partition coefficient (Wildman–Crippen LogP) is 3.34. The van der Waals surface area contributed by atoms with E-state index < -0.39 is 0 Å². The number of benzene rings is 2. The summed E-state index contributed by atoms with van der Waals surface area (Å²) < 4.78 is 21.9. The fraction of sp³-hybridized carbons (Fsp3) is 0.318. The van der Waals surface area contributed by atoms with Crippen LogP contribution in [0, 0.1) is 0 Å². The first-order chi connectivity index (χ1) is 14.1. The van der Waals surface area contributed by atoms with Crippen LogP contribution in [-0.2, 0) is 13.1 Å². The number of nitrogens with one attached hydrogen (secondary N) is 1. The summed E-state index contributed by atoms with van der Waals surface area (Å²) >= 11 is 0. The maximum Gasteiger partial charge on any atom is 0.231 e. The van der Waals surface area contributed by atoms with Gasteiger partial charge in [0.1, 0.15) is 22.8 Å². The normalized spacial score (nSPS) is 12.3. The number of aromatic nitrogens is 1. The third-order valence-electron chi connectivity index (χ3n) is 4.91. The molecule has 1 aliphatic rings.